The molecule has 0 fully saturated rings. The van der Waals surface area contributed by atoms with Gasteiger partial charge in [0.15, 0.2) is 0 Å². The minimum absolute atomic E-state index is 0.0348. The van der Waals surface area contributed by atoms with E-state index in [9.17, 15) is 14.7 Å². The maximum Gasteiger partial charge on any atom is 0.312 e. The number of benzene rings is 1. The summed E-state index contributed by atoms with van der Waals surface area (Å²) in [6.07, 6.45) is 3.01. The Kier molecular flexibility index (Phi) is 4.44. The van der Waals surface area contributed by atoms with Crippen molar-refractivity contribution in [2.24, 2.45) is 0 Å². The predicted octanol–water partition coefficient (Wildman–Crippen LogP) is 1.68. The molecule has 1 unspecified atom stereocenters. The number of carbonyl (C=O) groups is 2. The monoisotopic (exact) mass is 270 g/mol. The van der Waals surface area contributed by atoms with Gasteiger partial charge in [-0.05, 0) is 17.7 Å². The van der Waals surface area contributed by atoms with Crippen LogP contribution in [-0.4, -0.2) is 28.5 Å². The quantitative estimate of drug-likeness (QED) is 0.866. The van der Waals surface area contributed by atoms with E-state index in [1.165, 1.54) is 6.20 Å². The third-order valence-corrected chi connectivity index (χ3v) is 2.89. The third-order valence-electron chi connectivity index (χ3n) is 2.89. The summed E-state index contributed by atoms with van der Waals surface area (Å²) in [7, 11) is 0. The molecule has 102 valence electrons. The fourth-order valence-electron chi connectivity index (χ4n) is 1.83. The average molecular weight is 270 g/mol. The van der Waals surface area contributed by atoms with Gasteiger partial charge in [0.05, 0.1) is 11.5 Å². The molecule has 1 atom stereocenters. The number of amides is 1. The summed E-state index contributed by atoms with van der Waals surface area (Å²) in [6, 6.07) is 12.1. The maximum absolute atomic E-state index is 11.9. The number of nitrogens with one attached hydrogen (secondary N) is 1. The van der Waals surface area contributed by atoms with E-state index in [1.54, 1.807) is 42.6 Å². The molecule has 2 N–H and O–H groups in total. The van der Waals surface area contributed by atoms with Crippen LogP contribution in [0.25, 0.3) is 0 Å². The Bertz CT molecular complexity index is 585. The lowest BCUT2D eigenvalue weighted by molar-refractivity contribution is -0.138. The zero-order valence-corrected chi connectivity index (χ0v) is 10.7. The van der Waals surface area contributed by atoms with Crippen LogP contribution < -0.4 is 5.32 Å². The molecule has 1 aromatic heterocycles. The summed E-state index contributed by atoms with van der Waals surface area (Å²) >= 11 is 0. The van der Waals surface area contributed by atoms with Crippen molar-refractivity contribution in [1.82, 2.24) is 10.3 Å². The molecule has 0 aliphatic heterocycles. The van der Waals surface area contributed by atoms with Gasteiger partial charge in [-0.3, -0.25) is 14.6 Å². The van der Waals surface area contributed by atoms with Crippen molar-refractivity contribution in [2.75, 3.05) is 6.54 Å². The average Bonchev–Trinajstić information content (AvgIpc) is 2.49. The zero-order valence-electron chi connectivity index (χ0n) is 10.7. The number of carbonyl (C=O) groups excluding carboxylic acids is 1. The number of aliphatic carboxylic acids is 1. The number of carboxylic acid groups (broad SMARTS) is 1. The zero-order chi connectivity index (χ0) is 14.4. The van der Waals surface area contributed by atoms with Crippen LogP contribution in [0.5, 0.6) is 0 Å². The molecular formula is C15H14N2O3. The minimum Gasteiger partial charge on any atom is -0.481 e. The molecule has 0 radical (unpaired) electrons. The van der Waals surface area contributed by atoms with Crippen LogP contribution in [0.2, 0.25) is 0 Å². The Balaban J connectivity index is 2.04. The van der Waals surface area contributed by atoms with Crippen LogP contribution in [0.3, 0.4) is 0 Å². The maximum atomic E-state index is 11.9. The van der Waals surface area contributed by atoms with Crippen molar-refractivity contribution in [3.63, 3.8) is 0 Å². The molecular weight excluding hydrogens is 256 g/mol. The summed E-state index contributed by atoms with van der Waals surface area (Å²) in [5, 5.41) is 11.9. The molecule has 1 amide bonds. The first kappa shape index (κ1) is 13.7. The van der Waals surface area contributed by atoms with Crippen LogP contribution in [0.1, 0.15) is 21.8 Å². The summed E-state index contributed by atoms with van der Waals surface area (Å²) in [5.41, 5.74) is 1.07. The lowest BCUT2D eigenvalue weighted by Gasteiger charge is -2.13. The van der Waals surface area contributed by atoms with Crippen molar-refractivity contribution in [3.8, 4) is 0 Å². The highest BCUT2D eigenvalue weighted by Crippen LogP contribution is 2.14. The van der Waals surface area contributed by atoms with Crippen molar-refractivity contribution in [1.29, 1.82) is 0 Å². The predicted molar refractivity (Wildman–Crippen MR) is 73.4 cm³/mol. The highest BCUT2D eigenvalue weighted by Gasteiger charge is 2.20. The van der Waals surface area contributed by atoms with Crippen molar-refractivity contribution in [2.45, 2.75) is 5.92 Å². The van der Waals surface area contributed by atoms with Gasteiger partial charge in [0.1, 0.15) is 0 Å². The summed E-state index contributed by atoms with van der Waals surface area (Å²) in [4.78, 5) is 27.0. The summed E-state index contributed by atoms with van der Waals surface area (Å²) < 4.78 is 0. The van der Waals surface area contributed by atoms with Crippen molar-refractivity contribution >= 4 is 11.9 Å². The van der Waals surface area contributed by atoms with E-state index >= 15 is 0 Å². The Hall–Kier alpha value is -2.69. The number of aromatic nitrogens is 1. The summed E-state index contributed by atoms with van der Waals surface area (Å²) in [5.74, 6) is -2.07. The second kappa shape index (κ2) is 6.47. The largest absolute Gasteiger partial charge is 0.481 e. The lowest BCUT2D eigenvalue weighted by Crippen LogP contribution is -2.31. The minimum atomic E-state index is -0.970. The van der Waals surface area contributed by atoms with Gasteiger partial charge in [-0.15, -0.1) is 0 Å². The van der Waals surface area contributed by atoms with E-state index < -0.39 is 11.9 Å². The van der Waals surface area contributed by atoms with Crippen molar-refractivity contribution in [3.05, 3.63) is 66.0 Å². The molecule has 5 heteroatoms. The molecule has 5 nitrogen and oxygen atoms in total. The topological polar surface area (TPSA) is 79.3 Å². The molecule has 1 aromatic carbocycles. The van der Waals surface area contributed by atoms with Gasteiger partial charge in [0, 0.05) is 18.9 Å². The summed E-state index contributed by atoms with van der Waals surface area (Å²) in [6.45, 7) is 0.0348. The fraction of sp³-hybridized carbons (Fsp3) is 0.133. The Morgan fingerprint density at radius 1 is 1.15 bits per heavy atom. The Morgan fingerprint density at radius 3 is 2.50 bits per heavy atom. The molecule has 2 rings (SSSR count). The molecule has 0 saturated heterocycles. The van der Waals surface area contributed by atoms with Gasteiger partial charge in [-0.25, -0.2) is 0 Å². The van der Waals surface area contributed by atoms with Crippen molar-refractivity contribution < 1.29 is 14.7 Å². The first-order valence-corrected chi connectivity index (χ1v) is 6.14. The first-order valence-electron chi connectivity index (χ1n) is 6.14. The van der Waals surface area contributed by atoms with Gasteiger partial charge in [0.25, 0.3) is 5.91 Å². The molecule has 2 aromatic rings. The van der Waals surface area contributed by atoms with E-state index in [-0.39, 0.29) is 12.5 Å². The standard InChI is InChI=1S/C15H14N2O3/c18-14(12-7-4-8-16-9-12)17-10-13(15(19)20)11-5-2-1-3-6-11/h1-9,13H,10H2,(H,17,18)(H,19,20). The van der Waals surface area contributed by atoms with Gasteiger partial charge in [-0.2, -0.15) is 0 Å². The van der Waals surface area contributed by atoms with Gasteiger partial charge in [-0.1, -0.05) is 30.3 Å². The molecule has 0 saturated carbocycles. The molecule has 20 heavy (non-hydrogen) atoms. The number of pyridine rings is 1. The SMILES string of the molecule is O=C(NCC(C(=O)O)c1ccccc1)c1cccnc1. The van der Waals surface area contributed by atoms with E-state index in [2.05, 4.69) is 10.3 Å². The van der Waals surface area contributed by atoms with E-state index in [1.807, 2.05) is 6.07 Å². The van der Waals surface area contributed by atoms with Crippen LogP contribution in [0.4, 0.5) is 0 Å². The normalized spacial score (nSPS) is 11.6. The second-order valence-corrected chi connectivity index (χ2v) is 4.25. The van der Waals surface area contributed by atoms with Gasteiger partial charge < -0.3 is 10.4 Å². The highest BCUT2D eigenvalue weighted by atomic mass is 16.4. The number of hydrogen-bond donors (Lipinski definition) is 2. The number of hydrogen-bond acceptors (Lipinski definition) is 3. The van der Waals surface area contributed by atoms with Gasteiger partial charge >= 0.3 is 5.97 Å². The first-order chi connectivity index (χ1) is 9.68. The number of carboxylic acids is 1. The number of rotatable bonds is 5. The van der Waals surface area contributed by atoms with Gasteiger partial charge in [0.2, 0.25) is 0 Å². The molecule has 0 spiro atoms. The molecule has 0 aliphatic carbocycles. The molecule has 1 heterocycles. The van der Waals surface area contributed by atoms with E-state index in [4.69, 9.17) is 0 Å². The lowest BCUT2D eigenvalue weighted by atomic mass is 9.99. The second-order valence-electron chi connectivity index (χ2n) is 4.25. The fourth-order valence-corrected chi connectivity index (χ4v) is 1.83. The molecule has 0 bridgehead atoms. The van der Waals surface area contributed by atoms with Crippen LogP contribution in [-0.2, 0) is 4.79 Å². The number of nitrogens with zero attached hydrogens (tertiary/aromatic N) is 1. The van der Waals surface area contributed by atoms with Crippen LogP contribution in [0, 0.1) is 0 Å². The van der Waals surface area contributed by atoms with E-state index in [0.717, 1.165) is 0 Å². The van der Waals surface area contributed by atoms with Crippen LogP contribution in [0.15, 0.2) is 54.9 Å². The Labute approximate surface area is 116 Å². The highest BCUT2D eigenvalue weighted by molar-refractivity contribution is 5.94. The Morgan fingerprint density at radius 2 is 1.90 bits per heavy atom. The van der Waals surface area contributed by atoms with E-state index in [0.29, 0.717) is 11.1 Å². The third kappa shape index (κ3) is 3.41. The smallest absolute Gasteiger partial charge is 0.312 e. The molecule has 0 aliphatic rings. The van der Waals surface area contributed by atoms with Crippen LogP contribution >= 0.6 is 0 Å².